The zero-order valence-electron chi connectivity index (χ0n) is 10.8. The van der Waals surface area contributed by atoms with Gasteiger partial charge in [-0.05, 0) is 30.2 Å². The van der Waals surface area contributed by atoms with Gasteiger partial charge in [0, 0.05) is 10.6 Å². The molecule has 1 nitrogen and oxygen atoms in total. The maximum absolute atomic E-state index is 13.2. The van der Waals surface area contributed by atoms with Crippen LogP contribution in [0.3, 0.4) is 0 Å². The molecule has 20 heavy (non-hydrogen) atoms. The maximum Gasteiger partial charge on any atom is 0.130 e. The average Bonchev–Trinajstić information content (AvgIpc) is 2.48. The fraction of sp³-hybridized carbons (Fsp3) is 0.188. The van der Waals surface area contributed by atoms with Gasteiger partial charge in [-0.2, -0.15) is 0 Å². The molecular weight excluding hydrogens is 289 g/mol. The van der Waals surface area contributed by atoms with Gasteiger partial charge < -0.3 is 0 Å². The summed E-state index contributed by atoms with van der Waals surface area (Å²) in [6.07, 6.45) is 1.06. The van der Waals surface area contributed by atoms with E-state index < -0.39 is 0 Å². The highest BCUT2D eigenvalue weighted by molar-refractivity contribution is 8.38. The van der Waals surface area contributed by atoms with Gasteiger partial charge in [0.2, 0.25) is 0 Å². The summed E-state index contributed by atoms with van der Waals surface area (Å²) in [6, 6.07) is 17.3. The van der Waals surface area contributed by atoms with Gasteiger partial charge in [0.15, 0.2) is 0 Å². The van der Waals surface area contributed by atoms with E-state index in [0.29, 0.717) is 0 Å². The molecule has 2 aromatic carbocycles. The second kappa shape index (κ2) is 6.46. The van der Waals surface area contributed by atoms with Crippen LogP contribution in [-0.4, -0.2) is 10.1 Å². The van der Waals surface area contributed by atoms with Crippen LogP contribution in [0.15, 0.2) is 64.5 Å². The van der Waals surface area contributed by atoms with E-state index in [2.05, 4.69) is 12.1 Å². The lowest BCUT2D eigenvalue weighted by Gasteiger charge is -2.19. The molecule has 0 aliphatic carbocycles. The first-order valence-corrected chi connectivity index (χ1v) is 8.30. The number of thioether (sulfide) groups is 2. The second-order valence-corrected chi connectivity index (χ2v) is 6.92. The highest BCUT2D eigenvalue weighted by Gasteiger charge is 2.18. The van der Waals surface area contributed by atoms with E-state index in [1.54, 1.807) is 35.7 Å². The van der Waals surface area contributed by atoms with Crippen molar-refractivity contribution in [3.05, 3.63) is 66.0 Å². The summed E-state index contributed by atoms with van der Waals surface area (Å²) in [5.74, 6) is 0.858. The Morgan fingerprint density at radius 1 is 1.10 bits per heavy atom. The van der Waals surface area contributed by atoms with Gasteiger partial charge in [-0.15, -0.1) is 0 Å². The minimum atomic E-state index is -0.198. The third kappa shape index (κ3) is 3.44. The Hall–Kier alpha value is -1.26. The van der Waals surface area contributed by atoms with Crippen molar-refractivity contribution in [2.75, 3.05) is 5.75 Å². The molecule has 0 bridgehead atoms. The van der Waals surface area contributed by atoms with Crippen molar-refractivity contribution in [1.82, 2.24) is 0 Å². The Kier molecular flexibility index (Phi) is 4.43. The second-order valence-electron chi connectivity index (χ2n) is 4.52. The number of halogens is 1. The SMILES string of the molecule is Fc1cccc(SC2=NC(c3ccccc3)CCS2)c1. The van der Waals surface area contributed by atoms with Gasteiger partial charge >= 0.3 is 0 Å². The van der Waals surface area contributed by atoms with Crippen LogP contribution in [0.25, 0.3) is 0 Å². The number of benzene rings is 2. The summed E-state index contributed by atoms with van der Waals surface area (Å²) in [6.45, 7) is 0. The molecule has 0 saturated heterocycles. The van der Waals surface area contributed by atoms with Crippen molar-refractivity contribution in [2.45, 2.75) is 17.4 Å². The summed E-state index contributed by atoms with van der Waals surface area (Å²) in [7, 11) is 0. The Morgan fingerprint density at radius 2 is 1.95 bits per heavy atom. The fourth-order valence-corrected chi connectivity index (χ4v) is 4.28. The lowest BCUT2D eigenvalue weighted by molar-refractivity contribution is 0.624. The normalized spacial score (nSPS) is 18.6. The largest absolute Gasteiger partial charge is 0.263 e. The first-order chi connectivity index (χ1) is 9.81. The number of nitrogens with zero attached hydrogens (tertiary/aromatic N) is 1. The molecule has 0 spiro atoms. The van der Waals surface area contributed by atoms with Gasteiger partial charge in [-0.3, -0.25) is 4.99 Å². The molecule has 1 unspecified atom stereocenters. The van der Waals surface area contributed by atoms with Crippen LogP contribution in [0, 0.1) is 5.82 Å². The van der Waals surface area contributed by atoms with Gasteiger partial charge in [0.05, 0.1) is 6.04 Å². The molecular formula is C16H14FNS2. The van der Waals surface area contributed by atoms with Crippen LogP contribution in [0.1, 0.15) is 18.0 Å². The third-order valence-corrected chi connectivity index (χ3v) is 5.23. The van der Waals surface area contributed by atoms with Crippen molar-refractivity contribution in [1.29, 1.82) is 0 Å². The van der Waals surface area contributed by atoms with E-state index in [1.807, 2.05) is 24.3 Å². The Labute approximate surface area is 126 Å². The molecule has 4 heteroatoms. The van der Waals surface area contributed by atoms with E-state index in [-0.39, 0.29) is 11.9 Å². The van der Waals surface area contributed by atoms with Crippen LogP contribution in [0.2, 0.25) is 0 Å². The summed E-state index contributed by atoms with van der Waals surface area (Å²) in [4.78, 5) is 5.70. The predicted molar refractivity (Wildman–Crippen MR) is 86.0 cm³/mol. The highest BCUT2D eigenvalue weighted by atomic mass is 32.2. The third-order valence-electron chi connectivity index (χ3n) is 3.06. The maximum atomic E-state index is 13.2. The number of hydrogen-bond acceptors (Lipinski definition) is 3. The summed E-state index contributed by atoms with van der Waals surface area (Å²) < 4.78 is 14.2. The molecule has 0 amide bonds. The lowest BCUT2D eigenvalue weighted by atomic mass is 10.1. The first kappa shape index (κ1) is 13.7. The topological polar surface area (TPSA) is 12.4 Å². The van der Waals surface area contributed by atoms with Crippen molar-refractivity contribution < 1.29 is 4.39 Å². The van der Waals surface area contributed by atoms with Crippen LogP contribution < -0.4 is 0 Å². The predicted octanol–water partition coefficient (Wildman–Crippen LogP) is 5.15. The molecule has 0 radical (unpaired) electrons. The van der Waals surface area contributed by atoms with Crippen LogP contribution in [-0.2, 0) is 0 Å². The number of hydrogen-bond donors (Lipinski definition) is 0. The van der Waals surface area contributed by atoms with Gasteiger partial charge in [0.1, 0.15) is 10.2 Å². The lowest BCUT2D eigenvalue weighted by Crippen LogP contribution is -2.06. The van der Waals surface area contributed by atoms with Crippen molar-refractivity contribution in [3.8, 4) is 0 Å². The standard InChI is InChI=1S/C16H14FNS2/c17-13-7-4-8-14(11-13)20-16-18-15(9-10-19-16)12-5-2-1-3-6-12/h1-8,11,15H,9-10H2. The van der Waals surface area contributed by atoms with E-state index in [1.165, 1.54) is 11.6 Å². The van der Waals surface area contributed by atoms with E-state index in [9.17, 15) is 4.39 Å². The summed E-state index contributed by atoms with van der Waals surface area (Å²) in [5.41, 5.74) is 1.25. The van der Waals surface area contributed by atoms with Crippen LogP contribution >= 0.6 is 23.5 Å². The van der Waals surface area contributed by atoms with Crippen molar-refractivity contribution in [2.24, 2.45) is 4.99 Å². The summed E-state index contributed by atoms with van der Waals surface area (Å²) in [5, 5.41) is 0. The van der Waals surface area contributed by atoms with Gasteiger partial charge in [-0.25, -0.2) is 4.39 Å². The Balaban J connectivity index is 1.78. The number of rotatable bonds is 2. The molecule has 2 aromatic rings. The van der Waals surface area contributed by atoms with E-state index in [0.717, 1.165) is 21.4 Å². The minimum Gasteiger partial charge on any atom is -0.263 e. The van der Waals surface area contributed by atoms with Gasteiger partial charge in [0.25, 0.3) is 0 Å². The first-order valence-electron chi connectivity index (χ1n) is 6.50. The number of aliphatic imine (C=N–C) groups is 1. The zero-order valence-corrected chi connectivity index (χ0v) is 12.5. The molecule has 0 aromatic heterocycles. The molecule has 3 rings (SSSR count). The molecule has 102 valence electrons. The quantitative estimate of drug-likeness (QED) is 0.760. The van der Waals surface area contributed by atoms with Gasteiger partial charge in [-0.1, -0.05) is 59.9 Å². The smallest absolute Gasteiger partial charge is 0.130 e. The molecule has 1 aliphatic rings. The minimum absolute atomic E-state index is 0.198. The van der Waals surface area contributed by atoms with E-state index >= 15 is 0 Å². The van der Waals surface area contributed by atoms with Crippen molar-refractivity contribution in [3.63, 3.8) is 0 Å². The molecule has 1 aliphatic heterocycles. The molecule has 0 saturated carbocycles. The van der Waals surface area contributed by atoms with Crippen LogP contribution in [0.4, 0.5) is 4.39 Å². The Morgan fingerprint density at radius 3 is 2.75 bits per heavy atom. The summed E-state index contributed by atoms with van der Waals surface area (Å²) >= 11 is 3.30. The monoisotopic (exact) mass is 303 g/mol. The Bertz CT molecular complexity index is 613. The van der Waals surface area contributed by atoms with Crippen LogP contribution in [0.5, 0.6) is 0 Å². The highest BCUT2D eigenvalue weighted by Crippen LogP contribution is 2.35. The fourth-order valence-electron chi connectivity index (χ4n) is 2.09. The average molecular weight is 303 g/mol. The molecule has 1 heterocycles. The molecule has 1 atom stereocenters. The zero-order chi connectivity index (χ0) is 13.8. The molecule has 0 N–H and O–H groups in total. The van der Waals surface area contributed by atoms with Crippen molar-refractivity contribution >= 4 is 27.9 Å². The molecule has 0 fully saturated rings. The van der Waals surface area contributed by atoms with E-state index in [4.69, 9.17) is 4.99 Å².